The molecular weight excluding hydrogens is 388 g/mol. The second-order valence-corrected chi connectivity index (χ2v) is 10.4. The molecule has 3 aromatic rings. The van der Waals surface area contributed by atoms with E-state index in [0.717, 1.165) is 28.6 Å². The first kappa shape index (κ1) is 20.9. The molecule has 0 atom stereocenters. The van der Waals surface area contributed by atoms with Gasteiger partial charge in [0.15, 0.2) is 0 Å². The van der Waals surface area contributed by atoms with E-state index in [4.69, 9.17) is 4.42 Å². The molecule has 0 aliphatic heterocycles. The fourth-order valence-corrected chi connectivity index (χ4v) is 3.57. The van der Waals surface area contributed by atoms with E-state index in [9.17, 15) is 13.2 Å². The van der Waals surface area contributed by atoms with Gasteiger partial charge in [0.25, 0.3) is 0 Å². The van der Waals surface area contributed by atoms with Crippen LogP contribution in [0, 0.1) is 0 Å². The van der Waals surface area contributed by atoms with E-state index in [1.54, 1.807) is 39.0 Å². The fraction of sp³-hybridized carbons (Fsp3) is 0.318. The Kier molecular flexibility index (Phi) is 5.71. The molecule has 0 fully saturated rings. The molecule has 0 aliphatic rings. The summed E-state index contributed by atoms with van der Waals surface area (Å²) >= 11 is 0. The average Bonchev–Trinajstić information content (AvgIpc) is 2.66. The van der Waals surface area contributed by atoms with Crippen molar-refractivity contribution in [3.63, 3.8) is 0 Å². The lowest BCUT2D eigenvalue weighted by molar-refractivity contribution is 0.557. The Hall–Kier alpha value is -2.80. The van der Waals surface area contributed by atoms with E-state index in [-0.39, 0.29) is 5.63 Å². The van der Waals surface area contributed by atoms with Crippen molar-refractivity contribution in [1.29, 1.82) is 0 Å². The van der Waals surface area contributed by atoms with E-state index in [2.05, 4.69) is 10.0 Å². The highest BCUT2D eigenvalue weighted by Crippen LogP contribution is 2.24. The lowest BCUT2D eigenvalue weighted by atomic mass is 10.1. The Morgan fingerprint density at radius 2 is 1.66 bits per heavy atom. The molecule has 0 bridgehead atoms. The van der Waals surface area contributed by atoms with Crippen molar-refractivity contribution in [2.75, 3.05) is 10.0 Å². The minimum atomic E-state index is -3.45. The van der Waals surface area contributed by atoms with Gasteiger partial charge in [-0.15, -0.1) is 0 Å². The van der Waals surface area contributed by atoms with Gasteiger partial charge in [0.1, 0.15) is 5.58 Å². The summed E-state index contributed by atoms with van der Waals surface area (Å²) in [6.45, 7) is 7.58. The quantitative estimate of drug-likeness (QED) is 0.580. The van der Waals surface area contributed by atoms with Crippen LogP contribution in [-0.4, -0.2) is 13.2 Å². The third kappa shape index (κ3) is 4.79. The minimum absolute atomic E-state index is 0.352. The Morgan fingerprint density at radius 3 is 2.28 bits per heavy atom. The van der Waals surface area contributed by atoms with Crippen molar-refractivity contribution >= 4 is 32.4 Å². The second kappa shape index (κ2) is 7.91. The predicted octanol–water partition coefficient (Wildman–Crippen LogP) is 4.51. The largest absolute Gasteiger partial charge is 0.422 e. The molecule has 1 heterocycles. The summed E-state index contributed by atoms with van der Waals surface area (Å²) in [5, 5.41) is 4.25. The third-order valence-electron chi connectivity index (χ3n) is 4.69. The molecule has 29 heavy (non-hydrogen) atoms. The average molecular weight is 415 g/mol. The number of fused-ring (bicyclic) bond motifs is 1. The molecule has 1 aromatic heterocycles. The van der Waals surface area contributed by atoms with E-state index < -0.39 is 14.8 Å². The molecule has 7 heteroatoms. The first-order chi connectivity index (χ1) is 13.6. The number of hydrogen-bond donors (Lipinski definition) is 2. The van der Waals surface area contributed by atoms with Crippen molar-refractivity contribution in [1.82, 2.24) is 0 Å². The maximum Gasteiger partial charge on any atom is 0.336 e. The van der Waals surface area contributed by atoms with Crippen LogP contribution >= 0.6 is 0 Å². The molecule has 0 saturated carbocycles. The Labute approximate surface area is 171 Å². The van der Waals surface area contributed by atoms with Gasteiger partial charge in [0.2, 0.25) is 10.0 Å². The number of benzene rings is 2. The van der Waals surface area contributed by atoms with Crippen molar-refractivity contribution < 1.29 is 12.8 Å². The molecule has 0 saturated heterocycles. The molecular formula is C22H26N2O4S. The molecule has 0 radical (unpaired) electrons. The molecule has 2 aromatic carbocycles. The first-order valence-corrected chi connectivity index (χ1v) is 11.0. The fourth-order valence-electron chi connectivity index (χ4n) is 2.82. The number of rotatable bonds is 6. The maximum atomic E-state index is 12.3. The molecule has 0 amide bonds. The van der Waals surface area contributed by atoms with E-state index in [1.807, 2.05) is 31.2 Å². The third-order valence-corrected chi connectivity index (χ3v) is 6.80. The normalized spacial score (nSPS) is 12.1. The van der Waals surface area contributed by atoms with Gasteiger partial charge in [-0.25, -0.2) is 13.2 Å². The molecule has 2 N–H and O–H groups in total. The monoisotopic (exact) mass is 414 g/mol. The van der Waals surface area contributed by atoms with Crippen molar-refractivity contribution in [3.8, 4) is 0 Å². The lowest BCUT2D eigenvalue weighted by Gasteiger charge is -2.20. The van der Waals surface area contributed by atoms with Gasteiger partial charge in [0.05, 0.1) is 4.75 Å². The smallest absolute Gasteiger partial charge is 0.336 e. The van der Waals surface area contributed by atoms with Crippen LogP contribution in [0.4, 0.5) is 11.4 Å². The van der Waals surface area contributed by atoms with E-state index in [0.29, 0.717) is 17.8 Å². The van der Waals surface area contributed by atoms with Crippen LogP contribution in [0.5, 0.6) is 0 Å². The highest BCUT2D eigenvalue weighted by molar-refractivity contribution is 7.94. The Balaban J connectivity index is 1.73. The summed E-state index contributed by atoms with van der Waals surface area (Å²) in [4.78, 5) is 11.5. The van der Waals surface area contributed by atoms with Crippen molar-refractivity contribution in [2.24, 2.45) is 0 Å². The number of anilines is 2. The van der Waals surface area contributed by atoms with Crippen LogP contribution in [0.15, 0.2) is 57.7 Å². The summed E-state index contributed by atoms with van der Waals surface area (Å²) in [5.41, 5.74) is 3.73. The second-order valence-electron chi connectivity index (χ2n) is 7.93. The van der Waals surface area contributed by atoms with Gasteiger partial charge >= 0.3 is 5.63 Å². The number of nitrogens with one attached hydrogen (secondary N) is 2. The van der Waals surface area contributed by atoms with E-state index >= 15 is 0 Å². The molecule has 154 valence electrons. The highest BCUT2D eigenvalue weighted by Gasteiger charge is 2.28. The van der Waals surface area contributed by atoms with Crippen LogP contribution in [0.1, 0.15) is 38.8 Å². The summed E-state index contributed by atoms with van der Waals surface area (Å²) in [6.07, 6.45) is 0.752. The number of sulfonamides is 1. The minimum Gasteiger partial charge on any atom is -0.422 e. The van der Waals surface area contributed by atoms with Crippen LogP contribution in [0.25, 0.3) is 11.0 Å². The zero-order valence-corrected chi connectivity index (χ0v) is 17.9. The Bertz CT molecular complexity index is 1170. The van der Waals surface area contributed by atoms with Gasteiger partial charge in [-0.2, -0.15) is 0 Å². The predicted molar refractivity (Wildman–Crippen MR) is 118 cm³/mol. The first-order valence-electron chi connectivity index (χ1n) is 9.51. The van der Waals surface area contributed by atoms with Crippen molar-refractivity contribution in [3.05, 3.63) is 70.1 Å². The molecule has 0 spiro atoms. The Morgan fingerprint density at radius 1 is 0.966 bits per heavy atom. The topological polar surface area (TPSA) is 88.4 Å². The van der Waals surface area contributed by atoms with Crippen LogP contribution < -0.4 is 15.7 Å². The van der Waals surface area contributed by atoms with Crippen LogP contribution in [0.2, 0.25) is 0 Å². The zero-order chi connectivity index (χ0) is 21.2. The maximum absolute atomic E-state index is 12.3. The summed E-state index contributed by atoms with van der Waals surface area (Å²) in [5.74, 6) is 0. The number of hydrogen-bond acceptors (Lipinski definition) is 5. The molecule has 0 unspecified atom stereocenters. The lowest BCUT2D eigenvalue weighted by Crippen LogP contribution is -2.33. The number of aryl methyl sites for hydroxylation is 1. The van der Waals surface area contributed by atoms with Crippen LogP contribution in [-0.2, 0) is 23.0 Å². The standard InChI is InChI=1S/C22H26N2O4S/c1-5-16-12-19(13-17-8-11-20(25)28-21(16)17)23-14-15-6-9-18(10-7-15)24-29(26,27)22(2,3)4/h6-13,23-24H,5,14H2,1-4H3. The summed E-state index contributed by atoms with van der Waals surface area (Å²) in [7, 11) is -3.45. The van der Waals surface area contributed by atoms with Gasteiger partial charge in [-0.05, 0) is 68.7 Å². The van der Waals surface area contributed by atoms with Crippen molar-refractivity contribution in [2.45, 2.75) is 45.4 Å². The molecule has 6 nitrogen and oxygen atoms in total. The van der Waals surface area contributed by atoms with Gasteiger partial charge in [-0.3, -0.25) is 4.72 Å². The SMILES string of the molecule is CCc1cc(NCc2ccc(NS(=O)(=O)C(C)(C)C)cc2)cc2ccc(=O)oc12. The summed E-state index contributed by atoms with van der Waals surface area (Å²) < 4.78 is 31.6. The molecule has 0 aliphatic carbocycles. The summed E-state index contributed by atoms with van der Waals surface area (Å²) in [6, 6.07) is 14.4. The van der Waals surface area contributed by atoms with Crippen LogP contribution in [0.3, 0.4) is 0 Å². The molecule has 3 rings (SSSR count). The van der Waals surface area contributed by atoms with Gasteiger partial charge in [-0.1, -0.05) is 19.1 Å². The van der Waals surface area contributed by atoms with Gasteiger partial charge in [0, 0.05) is 29.4 Å². The van der Waals surface area contributed by atoms with E-state index in [1.165, 1.54) is 6.07 Å². The van der Waals surface area contributed by atoms with Gasteiger partial charge < -0.3 is 9.73 Å². The highest BCUT2D eigenvalue weighted by atomic mass is 32.2. The zero-order valence-electron chi connectivity index (χ0n) is 17.1.